The van der Waals surface area contributed by atoms with E-state index in [1.54, 1.807) is 6.92 Å². The lowest BCUT2D eigenvalue weighted by molar-refractivity contribution is -0.122. The summed E-state index contributed by atoms with van der Waals surface area (Å²) in [6.45, 7) is 7.74. The van der Waals surface area contributed by atoms with Crippen LogP contribution in [0.1, 0.15) is 63.3 Å². The number of aryl methyl sites for hydroxylation is 1. The smallest absolute Gasteiger partial charge is 0.411 e. The molecule has 0 aromatic heterocycles. The van der Waals surface area contributed by atoms with Gasteiger partial charge < -0.3 is 14.8 Å². The van der Waals surface area contributed by atoms with E-state index in [9.17, 15) is 9.59 Å². The Balaban J connectivity index is 1.66. The molecule has 0 fully saturated rings. The molecule has 0 saturated carbocycles. The third kappa shape index (κ3) is 4.68. The molecule has 1 aliphatic heterocycles. The molecular weight excluding hydrogens is 392 g/mol. The van der Waals surface area contributed by atoms with Gasteiger partial charge in [-0.05, 0) is 75.8 Å². The molecule has 4 rings (SSSR count). The fourth-order valence-electron chi connectivity index (χ4n) is 4.23. The predicted molar refractivity (Wildman–Crippen MR) is 119 cm³/mol. The van der Waals surface area contributed by atoms with Crippen molar-refractivity contribution in [1.82, 2.24) is 4.90 Å². The molecule has 31 heavy (non-hydrogen) atoms. The van der Waals surface area contributed by atoms with Gasteiger partial charge in [0.25, 0.3) is 5.91 Å². The molecule has 2 aromatic rings. The minimum atomic E-state index is -0.586. The van der Waals surface area contributed by atoms with Gasteiger partial charge in [-0.2, -0.15) is 0 Å². The maximum atomic E-state index is 13.3. The average molecular weight is 423 g/mol. The fourth-order valence-corrected chi connectivity index (χ4v) is 4.23. The highest BCUT2D eigenvalue weighted by Crippen LogP contribution is 2.37. The minimum absolute atomic E-state index is 0.0540. The van der Waals surface area contributed by atoms with Crippen molar-refractivity contribution in [2.24, 2.45) is 0 Å². The summed E-state index contributed by atoms with van der Waals surface area (Å²) in [5.41, 5.74) is 3.42. The first kappa shape index (κ1) is 21.2. The van der Waals surface area contributed by atoms with Crippen molar-refractivity contribution >= 4 is 17.7 Å². The molecule has 2 aromatic carbocycles. The maximum Gasteiger partial charge on any atom is 0.411 e. The highest BCUT2D eigenvalue weighted by Gasteiger charge is 2.33. The molecule has 1 aliphatic carbocycles. The van der Waals surface area contributed by atoms with Crippen LogP contribution in [-0.4, -0.2) is 28.6 Å². The van der Waals surface area contributed by atoms with Crippen LogP contribution >= 0.6 is 0 Å². The number of rotatable bonds is 3. The molecule has 2 unspecified atom stereocenters. The Morgan fingerprint density at radius 1 is 1.23 bits per heavy atom. The summed E-state index contributed by atoms with van der Waals surface area (Å²) in [4.78, 5) is 27.1. The van der Waals surface area contributed by atoms with Crippen molar-refractivity contribution in [2.45, 2.75) is 71.2 Å². The van der Waals surface area contributed by atoms with Crippen molar-refractivity contribution in [3.05, 3.63) is 59.2 Å². The lowest BCUT2D eigenvalue weighted by Crippen LogP contribution is -2.40. The summed E-state index contributed by atoms with van der Waals surface area (Å²) < 4.78 is 11.4. The molecule has 164 valence electrons. The Hall–Kier alpha value is -3.02. The van der Waals surface area contributed by atoms with E-state index in [2.05, 4.69) is 17.4 Å². The monoisotopic (exact) mass is 422 g/mol. The third-order valence-electron chi connectivity index (χ3n) is 5.67. The number of hydrogen-bond donors (Lipinski definition) is 1. The van der Waals surface area contributed by atoms with Crippen LogP contribution in [0.5, 0.6) is 5.75 Å². The zero-order valence-electron chi connectivity index (χ0n) is 18.6. The van der Waals surface area contributed by atoms with Gasteiger partial charge in [-0.3, -0.25) is 9.69 Å². The number of nitrogens with zero attached hydrogens (tertiary/aromatic N) is 1. The van der Waals surface area contributed by atoms with Gasteiger partial charge in [0.2, 0.25) is 0 Å². The minimum Gasteiger partial charge on any atom is -0.479 e. The van der Waals surface area contributed by atoms with Crippen molar-refractivity contribution in [1.29, 1.82) is 0 Å². The SMILES string of the molecule is CC1Oc2ccc(CN(C(=O)OC(C)(C)C)C3CCCc4ccccc43)cc2NC1=O. The molecule has 0 bridgehead atoms. The predicted octanol–water partition coefficient (Wildman–Crippen LogP) is 5.22. The highest BCUT2D eigenvalue weighted by molar-refractivity contribution is 5.97. The van der Waals surface area contributed by atoms with Gasteiger partial charge in [-0.25, -0.2) is 4.79 Å². The van der Waals surface area contributed by atoms with E-state index in [1.807, 2.05) is 56.0 Å². The van der Waals surface area contributed by atoms with Crippen LogP contribution in [0.3, 0.4) is 0 Å². The largest absolute Gasteiger partial charge is 0.479 e. The van der Waals surface area contributed by atoms with E-state index in [0.717, 1.165) is 24.8 Å². The van der Waals surface area contributed by atoms with Gasteiger partial charge in [0.1, 0.15) is 11.4 Å². The standard InChI is InChI=1S/C25H30N2O4/c1-16-23(28)26-20-14-17(12-13-22(20)30-16)15-27(24(29)31-25(2,3)4)21-11-7-9-18-8-5-6-10-19(18)21/h5-6,8,10,12-14,16,21H,7,9,11,15H2,1-4H3,(H,26,28). The molecule has 0 saturated heterocycles. The summed E-state index contributed by atoms with van der Waals surface area (Å²) in [5.74, 6) is 0.470. The second-order valence-electron chi connectivity index (χ2n) is 9.29. The van der Waals surface area contributed by atoms with Crippen LogP contribution in [-0.2, 0) is 22.5 Å². The number of amides is 2. The molecule has 0 spiro atoms. The molecule has 2 atom stereocenters. The Bertz CT molecular complexity index is 995. The van der Waals surface area contributed by atoms with E-state index in [1.165, 1.54) is 11.1 Å². The highest BCUT2D eigenvalue weighted by atomic mass is 16.6. The first-order chi connectivity index (χ1) is 14.7. The molecule has 6 heteroatoms. The number of benzene rings is 2. The van der Waals surface area contributed by atoms with E-state index in [0.29, 0.717) is 18.0 Å². The Morgan fingerprint density at radius 2 is 2.00 bits per heavy atom. The summed E-state index contributed by atoms with van der Waals surface area (Å²) in [5, 5.41) is 2.89. The Labute approximate surface area is 183 Å². The molecule has 1 heterocycles. The van der Waals surface area contributed by atoms with Crippen molar-refractivity contribution < 1.29 is 19.1 Å². The van der Waals surface area contributed by atoms with Gasteiger partial charge >= 0.3 is 6.09 Å². The van der Waals surface area contributed by atoms with Crippen LogP contribution in [0, 0.1) is 0 Å². The van der Waals surface area contributed by atoms with Gasteiger partial charge in [-0.1, -0.05) is 30.3 Å². The van der Waals surface area contributed by atoms with Gasteiger partial charge in [0, 0.05) is 6.54 Å². The number of carbonyl (C=O) groups is 2. The number of anilines is 1. The van der Waals surface area contributed by atoms with Gasteiger partial charge in [0.15, 0.2) is 6.10 Å². The second-order valence-corrected chi connectivity index (χ2v) is 9.29. The first-order valence-electron chi connectivity index (χ1n) is 10.9. The van der Waals surface area contributed by atoms with E-state index in [-0.39, 0.29) is 18.0 Å². The summed E-state index contributed by atoms with van der Waals surface area (Å²) >= 11 is 0. The third-order valence-corrected chi connectivity index (χ3v) is 5.67. The van der Waals surface area contributed by atoms with Crippen LogP contribution < -0.4 is 10.1 Å². The molecule has 2 amide bonds. The first-order valence-corrected chi connectivity index (χ1v) is 10.9. The van der Waals surface area contributed by atoms with Crippen LogP contribution in [0.4, 0.5) is 10.5 Å². The van der Waals surface area contributed by atoms with Crippen molar-refractivity contribution in [2.75, 3.05) is 5.32 Å². The van der Waals surface area contributed by atoms with Gasteiger partial charge in [-0.15, -0.1) is 0 Å². The summed E-state index contributed by atoms with van der Waals surface area (Å²) in [6.07, 6.45) is 2.08. The molecule has 6 nitrogen and oxygen atoms in total. The zero-order chi connectivity index (χ0) is 22.2. The second kappa shape index (κ2) is 8.25. The quantitative estimate of drug-likeness (QED) is 0.736. The van der Waals surface area contributed by atoms with Crippen LogP contribution in [0.25, 0.3) is 0 Å². The van der Waals surface area contributed by atoms with Crippen molar-refractivity contribution in [3.8, 4) is 5.75 Å². The topological polar surface area (TPSA) is 67.9 Å². The summed E-state index contributed by atoms with van der Waals surface area (Å²) in [7, 11) is 0. The zero-order valence-corrected chi connectivity index (χ0v) is 18.6. The Kier molecular flexibility index (Phi) is 5.65. The Morgan fingerprint density at radius 3 is 2.77 bits per heavy atom. The normalized spacial score (nSPS) is 20.1. The number of carbonyl (C=O) groups excluding carboxylic acids is 2. The number of hydrogen-bond acceptors (Lipinski definition) is 4. The van der Waals surface area contributed by atoms with Crippen LogP contribution in [0.2, 0.25) is 0 Å². The molecule has 2 aliphatic rings. The average Bonchev–Trinajstić information content (AvgIpc) is 2.71. The van der Waals surface area contributed by atoms with Crippen LogP contribution in [0.15, 0.2) is 42.5 Å². The van der Waals surface area contributed by atoms with E-state index < -0.39 is 11.7 Å². The maximum absolute atomic E-state index is 13.3. The number of fused-ring (bicyclic) bond motifs is 2. The fraction of sp³-hybridized carbons (Fsp3) is 0.440. The summed E-state index contributed by atoms with van der Waals surface area (Å²) in [6, 6.07) is 13.9. The van der Waals surface area contributed by atoms with Crippen molar-refractivity contribution in [3.63, 3.8) is 0 Å². The molecule has 0 radical (unpaired) electrons. The number of nitrogens with one attached hydrogen (secondary N) is 1. The lowest BCUT2D eigenvalue weighted by atomic mass is 9.86. The molecular formula is C25H30N2O4. The number of ether oxygens (including phenoxy) is 2. The van der Waals surface area contributed by atoms with E-state index >= 15 is 0 Å². The molecule has 1 N–H and O–H groups in total. The van der Waals surface area contributed by atoms with Gasteiger partial charge in [0.05, 0.1) is 11.7 Å². The van der Waals surface area contributed by atoms with E-state index in [4.69, 9.17) is 9.47 Å². The lowest BCUT2D eigenvalue weighted by Gasteiger charge is -2.37.